The number of alkyl halides is 1. The van der Waals surface area contributed by atoms with Crippen molar-refractivity contribution in [2.75, 3.05) is 13.7 Å². The number of carbonyl (C=O) groups is 1. The first-order valence-electron chi connectivity index (χ1n) is 4.92. The van der Waals surface area contributed by atoms with E-state index in [4.69, 9.17) is 4.74 Å². The average molecular weight is 264 g/mol. The first-order chi connectivity index (χ1) is 6.34. The lowest BCUT2D eigenvalue weighted by molar-refractivity contribution is -0.134. The Hall–Kier alpha value is -0.0900. The molecule has 3 nitrogen and oxygen atoms in total. The van der Waals surface area contributed by atoms with E-state index in [9.17, 15) is 4.79 Å². The Morgan fingerprint density at radius 1 is 1.57 bits per heavy atom. The number of carbonyl (C=O) groups excluding carboxylic acids is 1. The molecule has 0 radical (unpaired) electrons. The van der Waals surface area contributed by atoms with E-state index in [1.807, 2.05) is 27.8 Å². The van der Waals surface area contributed by atoms with Crippen LogP contribution in [0.25, 0.3) is 0 Å². The van der Waals surface area contributed by atoms with Crippen LogP contribution in [0.5, 0.6) is 0 Å². The Balaban J connectivity index is 2.65. The fourth-order valence-electron chi connectivity index (χ4n) is 1.80. The molecule has 0 aliphatic carbocycles. The van der Waals surface area contributed by atoms with Crippen molar-refractivity contribution < 1.29 is 9.53 Å². The number of halogens is 1. The maximum Gasteiger partial charge on any atom is 0.238 e. The summed E-state index contributed by atoms with van der Waals surface area (Å²) >= 11 is 3.38. The normalized spacial score (nSPS) is 27.8. The maximum absolute atomic E-state index is 11.9. The molecule has 0 saturated carbocycles. The summed E-state index contributed by atoms with van der Waals surface area (Å²) in [7, 11) is 1.85. The third kappa shape index (κ3) is 2.48. The first-order valence-corrected chi connectivity index (χ1v) is 5.71. The van der Waals surface area contributed by atoms with Gasteiger partial charge in [0.1, 0.15) is 0 Å². The van der Waals surface area contributed by atoms with E-state index in [-0.39, 0.29) is 18.1 Å². The quantitative estimate of drug-likeness (QED) is 0.712. The highest BCUT2D eigenvalue weighted by molar-refractivity contribution is 9.10. The summed E-state index contributed by atoms with van der Waals surface area (Å²) in [6.45, 7) is 6.51. The Bertz CT molecular complexity index is 225. The molecule has 4 heteroatoms. The molecule has 1 heterocycles. The van der Waals surface area contributed by atoms with E-state index < -0.39 is 4.32 Å². The van der Waals surface area contributed by atoms with Gasteiger partial charge in [0, 0.05) is 13.7 Å². The van der Waals surface area contributed by atoms with Crippen LogP contribution in [0.3, 0.4) is 0 Å². The number of hydrogen-bond acceptors (Lipinski definition) is 2. The summed E-state index contributed by atoms with van der Waals surface area (Å²) in [6.07, 6.45) is 1.09. The molecular weight excluding hydrogens is 246 g/mol. The van der Waals surface area contributed by atoms with Gasteiger partial charge in [0.15, 0.2) is 0 Å². The summed E-state index contributed by atoms with van der Waals surface area (Å²) in [5, 5.41) is 0. The molecule has 0 N–H and O–H groups in total. The molecule has 1 rings (SSSR count). The molecular formula is C10H18BrNO2. The zero-order valence-corrected chi connectivity index (χ0v) is 10.8. The average Bonchev–Trinajstić information content (AvgIpc) is 2.47. The number of hydrogen-bond donors (Lipinski definition) is 0. The van der Waals surface area contributed by atoms with Crippen molar-refractivity contribution in [3.63, 3.8) is 0 Å². The highest BCUT2D eigenvalue weighted by Gasteiger charge is 2.35. The molecule has 0 aromatic carbocycles. The Morgan fingerprint density at radius 2 is 2.14 bits per heavy atom. The molecule has 82 valence electrons. The molecule has 2 unspecified atom stereocenters. The van der Waals surface area contributed by atoms with Gasteiger partial charge in [-0.1, -0.05) is 15.9 Å². The number of rotatable bonds is 2. The third-order valence-electron chi connectivity index (χ3n) is 2.66. The highest BCUT2D eigenvalue weighted by atomic mass is 79.9. The van der Waals surface area contributed by atoms with Crippen LogP contribution < -0.4 is 0 Å². The van der Waals surface area contributed by atoms with E-state index in [1.54, 1.807) is 4.90 Å². The van der Waals surface area contributed by atoms with Gasteiger partial charge in [-0.15, -0.1) is 0 Å². The molecule has 2 atom stereocenters. The summed E-state index contributed by atoms with van der Waals surface area (Å²) in [5.41, 5.74) is 0. The predicted octanol–water partition coefficient (Wildman–Crippen LogP) is 1.80. The Labute approximate surface area is 93.9 Å². The lowest BCUT2D eigenvalue weighted by Crippen LogP contribution is -2.47. The zero-order chi connectivity index (χ0) is 10.9. The van der Waals surface area contributed by atoms with E-state index in [2.05, 4.69) is 15.9 Å². The van der Waals surface area contributed by atoms with Crippen molar-refractivity contribution in [3.8, 4) is 0 Å². The van der Waals surface area contributed by atoms with Crippen LogP contribution in [0.2, 0.25) is 0 Å². The smallest absolute Gasteiger partial charge is 0.238 e. The Kier molecular flexibility index (Phi) is 3.58. The summed E-state index contributed by atoms with van der Waals surface area (Å²) in [5.74, 6) is 0.111. The summed E-state index contributed by atoms with van der Waals surface area (Å²) in [4.78, 5) is 13.7. The van der Waals surface area contributed by atoms with Gasteiger partial charge in [0.05, 0.1) is 16.5 Å². The van der Waals surface area contributed by atoms with E-state index >= 15 is 0 Å². The van der Waals surface area contributed by atoms with Gasteiger partial charge >= 0.3 is 0 Å². The van der Waals surface area contributed by atoms with Gasteiger partial charge in [-0.25, -0.2) is 0 Å². The molecule has 1 aliphatic heterocycles. The molecule has 0 aromatic rings. The predicted molar refractivity (Wildman–Crippen MR) is 59.6 cm³/mol. The minimum Gasteiger partial charge on any atom is -0.376 e. The number of ether oxygens (including phenoxy) is 1. The molecule has 14 heavy (non-hydrogen) atoms. The topological polar surface area (TPSA) is 29.5 Å². The molecule has 0 aromatic heterocycles. The summed E-state index contributed by atoms with van der Waals surface area (Å²) < 4.78 is 4.96. The van der Waals surface area contributed by atoms with Gasteiger partial charge < -0.3 is 9.64 Å². The van der Waals surface area contributed by atoms with Crippen molar-refractivity contribution in [2.24, 2.45) is 0 Å². The van der Waals surface area contributed by atoms with E-state index in [0.717, 1.165) is 13.0 Å². The van der Waals surface area contributed by atoms with Crippen LogP contribution in [0.15, 0.2) is 0 Å². The molecule has 0 bridgehead atoms. The molecule has 1 amide bonds. The van der Waals surface area contributed by atoms with Gasteiger partial charge in [0.25, 0.3) is 0 Å². The number of amides is 1. The SMILES string of the molecule is CC1OCCC1N(C)C(=O)C(C)(C)Br. The van der Waals surface area contributed by atoms with E-state index in [0.29, 0.717) is 0 Å². The molecule has 1 aliphatic rings. The van der Waals surface area contributed by atoms with Crippen molar-refractivity contribution in [3.05, 3.63) is 0 Å². The maximum atomic E-state index is 11.9. The fourth-order valence-corrected chi connectivity index (χ4v) is 2.08. The van der Waals surface area contributed by atoms with Crippen LogP contribution in [-0.2, 0) is 9.53 Å². The van der Waals surface area contributed by atoms with E-state index in [1.165, 1.54) is 0 Å². The van der Waals surface area contributed by atoms with Gasteiger partial charge in [0.2, 0.25) is 5.91 Å². The highest BCUT2D eigenvalue weighted by Crippen LogP contribution is 2.24. The third-order valence-corrected chi connectivity index (χ3v) is 3.00. The molecule has 1 fully saturated rings. The van der Waals surface area contributed by atoms with Gasteiger partial charge in [-0.3, -0.25) is 4.79 Å². The van der Waals surface area contributed by atoms with Crippen LogP contribution in [-0.4, -0.2) is 40.9 Å². The molecule has 1 saturated heterocycles. The second-order valence-electron chi connectivity index (χ2n) is 4.32. The van der Waals surface area contributed by atoms with Crippen LogP contribution in [0.4, 0.5) is 0 Å². The Morgan fingerprint density at radius 3 is 2.50 bits per heavy atom. The van der Waals surface area contributed by atoms with Crippen molar-refractivity contribution in [1.29, 1.82) is 0 Å². The standard InChI is InChI=1S/C10H18BrNO2/c1-7-8(5-6-14-7)12(4)9(13)10(2,3)11/h7-8H,5-6H2,1-4H3. The van der Waals surface area contributed by atoms with Gasteiger partial charge in [-0.2, -0.15) is 0 Å². The van der Waals surface area contributed by atoms with Crippen molar-refractivity contribution >= 4 is 21.8 Å². The van der Waals surface area contributed by atoms with Crippen LogP contribution in [0, 0.1) is 0 Å². The largest absolute Gasteiger partial charge is 0.376 e. The van der Waals surface area contributed by atoms with Crippen molar-refractivity contribution in [1.82, 2.24) is 4.90 Å². The second-order valence-corrected chi connectivity index (χ2v) is 6.30. The van der Waals surface area contributed by atoms with Crippen LogP contribution >= 0.6 is 15.9 Å². The zero-order valence-electron chi connectivity index (χ0n) is 9.21. The number of nitrogens with zero attached hydrogens (tertiary/aromatic N) is 1. The summed E-state index contributed by atoms with van der Waals surface area (Å²) in [6, 6.07) is 0.222. The minimum absolute atomic E-state index is 0.111. The lowest BCUT2D eigenvalue weighted by Gasteiger charge is -2.31. The van der Waals surface area contributed by atoms with Crippen molar-refractivity contribution in [2.45, 2.75) is 43.7 Å². The molecule has 0 spiro atoms. The first kappa shape index (κ1) is 12.0. The fraction of sp³-hybridized carbons (Fsp3) is 0.900. The lowest BCUT2D eigenvalue weighted by atomic mass is 10.1. The monoisotopic (exact) mass is 263 g/mol. The van der Waals surface area contributed by atoms with Gasteiger partial charge in [-0.05, 0) is 27.2 Å². The number of likely N-dealkylation sites (N-methyl/N-ethyl adjacent to an activating group) is 1. The second kappa shape index (κ2) is 4.19. The van der Waals surface area contributed by atoms with Crippen LogP contribution in [0.1, 0.15) is 27.2 Å². The minimum atomic E-state index is -0.482.